The van der Waals surface area contributed by atoms with Gasteiger partial charge in [-0.25, -0.2) is 18.0 Å². The lowest BCUT2D eigenvalue weighted by molar-refractivity contribution is -0.682. The van der Waals surface area contributed by atoms with Crippen LogP contribution in [0.2, 0.25) is 0 Å². The SMILES string of the molecule is C[C@H]([NH2+]CC(=O)NC(=O)Nc1ccccc1F)c1ccc(F)c(F)c1. The molecule has 25 heavy (non-hydrogen) atoms. The van der Waals surface area contributed by atoms with E-state index in [9.17, 15) is 22.8 Å². The molecule has 0 saturated carbocycles. The molecular weight excluding hydrogens is 335 g/mol. The van der Waals surface area contributed by atoms with E-state index >= 15 is 0 Å². The normalized spacial score (nSPS) is 11.7. The van der Waals surface area contributed by atoms with Crippen molar-refractivity contribution >= 4 is 17.6 Å². The summed E-state index contributed by atoms with van der Waals surface area (Å²) in [5.41, 5.74) is 0.453. The van der Waals surface area contributed by atoms with Gasteiger partial charge in [0, 0.05) is 5.56 Å². The summed E-state index contributed by atoms with van der Waals surface area (Å²) in [5, 5.41) is 5.84. The van der Waals surface area contributed by atoms with Crippen LogP contribution in [-0.2, 0) is 4.79 Å². The highest BCUT2D eigenvalue weighted by Gasteiger charge is 2.15. The number of benzene rings is 2. The smallest absolute Gasteiger partial charge is 0.326 e. The van der Waals surface area contributed by atoms with Crippen LogP contribution in [-0.4, -0.2) is 18.5 Å². The fraction of sp³-hybridized carbons (Fsp3) is 0.176. The lowest BCUT2D eigenvalue weighted by Gasteiger charge is -2.11. The van der Waals surface area contributed by atoms with Crippen molar-refractivity contribution in [3.8, 4) is 0 Å². The number of rotatable bonds is 5. The Kier molecular flexibility index (Phi) is 6.13. The number of imide groups is 1. The molecule has 0 aromatic heterocycles. The van der Waals surface area contributed by atoms with Crippen LogP contribution in [0.3, 0.4) is 0 Å². The van der Waals surface area contributed by atoms with Crippen LogP contribution >= 0.6 is 0 Å². The van der Waals surface area contributed by atoms with Crippen LogP contribution in [0.1, 0.15) is 18.5 Å². The largest absolute Gasteiger partial charge is 0.333 e. The first kappa shape index (κ1) is 18.5. The Morgan fingerprint density at radius 2 is 1.76 bits per heavy atom. The molecule has 3 amide bonds. The third kappa shape index (κ3) is 5.32. The number of urea groups is 1. The molecule has 0 fully saturated rings. The average Bonchev–Trinajstić information content (AvgIpc) is 2.57. The van der Waals surface area contributed by atoms with Gasteiger partial charge in [-0.05, 0) is 37.3 Å². The van der Waals surface area contributed by atoms with Crippen molar-refractivity contribution in [2.45, 2.75) is 13.0 Å². The Balaban J connectivity index is 1.82. The number of halogens is 3. The summed E-state index contributed by atoms with van der Waals surface area (Å²) in [5.74, 6) is -3.14. The molecule has 1 atom stereocenters. The minimum Gasteiger partial charge on any atom is -0.333 e. The molecule has 0 bridgehead atoms. The fourth-order valence-electron chi connectivity index (χ4n) is 2.11. The van der Waals surface area contributed by atoms with Crippen LogP contribution < -0.4 is 16.0 Å². The van der Waals surface area contributed by atoms with Gasteiger partial charge in [-0.1, -0.05) is 12.1 Å². The van der Waals surface area contributed by atoms with Gasteiger partial charge in [0.2, 0.25) is 0 Å². The average molecular weight is 352 g/mol. The number of hydrogen-bond donors (Lipinski definition) is 3. The summed E-state index contributed by atoms with van der Waals surface area (Å²) in [6.45, 7) is 1.59. The molecule has 0 unspecified atom stereocenters. The summed E-state index contributed by atoms with van der Waals surface area (Å²) in [6, 6.07) is 7.85. The predicted molar refractivity (Wildman–Crippen MR) is 85.1 cm³/mol. The van der Waals surface area contributed by atoms with E-state index < -0.39 is 29.4 Å². The van der Waals surface area contributed by atoms with Crippen LogP contribution in [0, 0.1) is 17.5 Å². The topological polar surface area (TPSA) is 74.8 Å². The minimum atomic E-state index is -0.966. The van der Waals surface area contributed by atoms with E-state index in [0.29, 0.717) is 5.56 Å². The van der Waals surface area contributed by atoms with E-state index in [0.717, 1.165) is 12.1 Å². The molecule has 0 spiro atoms. The first-order valence-corrected chi connectivity index (χ1v) is 7.50. The molecule has 0 saturated heterocycles. The van der Waals surface area contributed by atoms with Gasteiger partial charge in [0.1, 0.15) is 11.9 Å². The number of para-hydroxylation sites is 1. The third-order valence-electron chi connectivity index (χ3n) is 3.50. The van der Waals surface area contributed by atoms with Gasteiger partial charge in [-0.2, -0.15) is 0 Å². The number of carbonyl (C=O) groups excluding carboxylic acids is 2. The Hall–Kier alpha value is -2.87. The standard InChI is InChI=1S/C17H16F3N3O2/c1-10(11-6-7-12(18)14(20)8-11)21-9-16(24)23-17(25)22-15-5-3-2-4-13(15)19/h2-8,10,21H,9H2,1H3,(H2,22,23,24,25)/p+1/t10-/m0/s1. The highest BCUT2D eigenvalue weighted by molar-refractivity contribution is 6.01. The number of carbonyl (C=O) groups is 2. The van der Waals surface area contributed by atoms with Gasteiger partial charge in [-0.15, -0.1) is 0 Å². The van der Waals surface area contributed by atoms with E-state index in [4.69, 9.17) is 0 Å². The molecule has 0 aliphatic rings. The molecule has 0 aliphatic heterocycles. The molecule has 132 valence electrons. The van der Waals surface area contributed by atoms with Gasteiger partial charge < -0.3 is 10.6 Å². The van der Waals surface area contributed by atoms with Crippen molar-refractivity contribution < 1.29 is 28.1 Å². The van der Waals surface area contributed by atoms with E-state index in [-0.39, 0.29) is 18.3 Å². The van der Waals surface area contributed by atoms with Gasteiger partial charge in [-0.3, -0.25) is 10.1 Å². The molecule has 2 aromatic rings. The molecule has 0 heterocycles. The summed E-state index contributed by atoms with van der Waals surface area (Å²) in [4.78, 5) is 23.4. The van der Waals surface area contributed by atoms with E-state index in [1.807, 2.05) is 0 Å². The number of quaternary nitrogens is 1. The van der Waals surface area contributed by atoms with Crippen molar-refractivity contribution in [1.82, 2.24) is 5.32 Å². The van der Waals surface area contributed by atoms with Crippen LogP contribution in [0.5, 0.6) is 0 Å². The second-order valence-electron chi connectivity index (χ2n) is 5.38. The van der Waals surface area contributed by atoms with Gasteiger partial charge in [0.05, 0.1) is 5.69 Å². The van der Waals surface area contributed by atoms with E-state index in [1.165, 1.54) is 30.3 Å². The maximum absolute atomic E-state index is 13.4. The maximum Gasteiger partial charge on any atom is 0.326 e. The Morgan fingerprint density at radius 1 is 1.04 bits per heavy atom. The molecule has 2 rings (SSSR count). The van der Waals surface area contributed by atoms with E-state index in [2.05, 4.69) is 10.6 Å². The molecular formula is C17H17F3N3O2+. The lowest BCUT2D eigenvalue weighted by Crippen LogP contribution is -2.87. The Morgan fingerprint density at radius 3 is 2.44 bits per heavy atom. The second-order valence-corrected chi connectivity index (χ2v) is 5.38. The molecule has 4 N–H and O–H groups in total. The highest BCUT2D eigenvalue weighted by atomic mass is 19.2. The first-order chi connectivity index (χ1) is 11.9. The summed E-state index contributed by atoms with van der Waals surface area (Å²) >= 11 is 0. The second kappa shape index (κ2) is 8.29. The maximum atomic E-state index is 13.4. The number of nitrogens with one attached hydrogen (secondary N) is 2. The number of nitrogens with two attached hydrogens (primary N) is 1. The molecule has 5 nitrogen and oxygen atoms in total. The van der Waals surface area contributed by atoms with Gasteiger partial charge in [0.25, 0.3) is 5.91 Å². The zero-order chi connectivity index (χ0) is 18.4. The van der Waals surface area contributed by atoms with Crippen molar-refractivity contribution in [3.63, 3.8) is 0 Å². The number of anilines is 1. The zero-order valence-corrected chi connectivity index (χ0v) is 13.4. The van der Waals surface area contributed by atoms with E-state index in [1.54, 1.807) is 12.2 Å². The minimum absolute atomic E-state index is 0.0491. The van der Waals surface area contributed by atoms with Crippen molar-refractivity contribution in [2.75, 3.05) is 11.9 Å². The van der Waals surface area contributed by atoms with Crippen molar-refractivity contribution in [3.05, 3.63) is 65.5 Å². The van der Waals surface area contributed by atoms with Crippen LogP contribution in [0.15, 0.2) is 42.5 Å². The highest BCUT2D eigenvalue weighted by Crippen LogP contribution is 2.13. The van der Waals surface area contributed by atoms with Gasteiger partial charge in [0.15, 0.2) is 18.2 Å². The Bertz CT molecular complexity index is 783. The third-order valence-corrected chi connectivity index (χ3v) is 3.50. The zero-order valence-electron chi connectivity index (χ0n) is 13.4. The molecule has 8 heteroatoms. The van der Waals surface area contributed by atoms with Gasteiger partial charge >= 0.3 is 6.03 Å². The van der Waals surface area contributed by atoms with Crippen LogP contribution in [0.25, 0.3) is 0 Å². The van der Waals surface area contributed by atoms with Crippen LogP contribution in [0.4, 0.5) is 23.7 Å². The number of hydrogen-bond acceptors (Lipinski definition) is 2. The molecule has 2 aromatic carbocycles. The van der Waals surface area contributed by atoms with Crippen molar-refractivity contribution in [1.29, 1.82) is 0 Å². The fourth-order valence-corrected chi connectivity index (χ4v) is 2.11. The number of amides is 3. The molecule has 0 aliphatic carbocycles. The predicted octanol–water partition coefficient (Wildman–Crippen LogP) is 2.08. The lowest BCUT2D eigenvalue weighted by atomic mass is 10.1. The van der Waals surface area contributed by atoms with Crippen molar-refractivity contribution in [2.24, 2.45) is 0 Å². The first-order valence-electron chi connectivity index (χ1n) is 7.50. The Labute approximate surface area is 142 Å². The summed E-state index contributed by atoms with van der Waals surface area (Å²) in [7, 11) is 0. The quantitative estimate of drug-likeness (QED) is 0.771. The monoisotopic (exact) mass is 352 g/mol. The summed E-state index contributed by atoms with van der Waals surface area (Å²) in [6.07, 6.45) is 0. The summed E-state index contributed by atoms with van der Waals surface area (Å²) < 4.78 is 39.5. The molecule has 0 radical (unpaired) electrons.